The summed E-state index contributed by atoms with van der Waals surface area (Å²) in [6.07, 6.45) is 2.46. The molecule has 0 aliphatic heterocycles. The van der Waals surface area contributed by atoms with Crippen molar-refractivity contribution in [1.29, 1.82) is 0 Å². The molecular weight excluding hydrogens is 254 g/mol. The molecule has 0 saturated heterocycles. The quantitative estimate of drug-likeness (QED) is 0.780. The summed E-state index contributed by atoms with van der Waals surface area (Å²) in [7, 11) is 1.35. The number of unbranched alkanes of at least 4 members (excludes halogenated alkanes) is 1. The SMILES string of the molecule is CCCCC(=O)NC(CC(=O)OC)c1ccc(C)cc1. The van der Waals surface area contributed by atoms with Crippen LogP contribution in [0, 0.1) is 6.92 Å². The number of esters is 1. The number of ether oxygens (including phenoxy) is 1. The number of hydrogen-bond acceptors (Lipinski definition) is 3. The first-order chi connectivity index (χ1) is 9.56. The zero-order chi connectivity index (χ0) is 15.0. The van der Waals surface area contributed by atoms with E-state index in [0.29, 0.717) is 6.42 Å². The molecule has 20 heavy (non-hydrogen) atoms. The maximum absolute atomic E-state index is 11.9. The average Bonchev–Trinajstić information content (AvgIpc) is 2.45. The van der Waals surface area contributed by atoms with Crippen molar-refractivity contribution < 1.29 is 14.3 Å². The van der Waals surface area contributed by atoms with Crippen molar-refractivity contribution in [2.24, 2.45) is 0 Å². The van der Waals surface area contributed by atoms with E-state index >= 15 is 0 Å². The fourth-order valence-corrected chi connectivity index (χ4v) is 1.90. The summed E-state index contributed by atoms with van der Waals surface area (Å²) >= 11 is 0. The second-order valence-corrected chi connectivity index (χ2v) is 4.91. The first-order valence-corrected chi connectivity index (χ1v) is 6.99. The van der Waals surface area contributed by atoms with E-state index in [9.17, 15) is 9.59 Å². The fraction of sp³-hybridized carbons (Fsp3) is 0.500. The van der Waals surface area contributed by atoms with Crippen LogP contribution in [-0.4, -0.2) is 19.0 Å². The van der Waals surface area contributed by atoms with Gasteiger partial charge in [0.05, 0.1) is 19.6 Å². The smallest absolute Gasteiger partial charge is 0.307 e. The van der Waals surface area contributed by atoms with Gasteiger partial charge in [0, 0.05) is 6.42 Å². The van der Waals surface area contributed by atoms with Gasteiger partial charge in [0.2, 0.25) is 5.91 Å². The Morgan fingerprint density at radius 1 is 1.25 bits per heavy atom. The predicted molar refractivity (Wildman–Crippen MR) is 78.2 cm³/mol. The molecule has 4 heteroatoms. The summed E-state index contributed by atoms with van der Waals surface area (Å²) in [5.41, 5.74) is 2.06. The average molecular weight is 277 g/mol. The number of amides is 1. The Bertz CT molecular complexity index is 440. The van der Waals surface area contributed by atoms with Gasteiger partial charge in [-0.05, 0) is 18.9 Å². The number of carbonyl (C=O) groups is 2. The lowest BCUT2D eigenvalue weighted by molar-refractivity contribution is -0.141. The lowest BCUT2D eigenvalue weighted by Crippen LogP contribution is -2.30. The van der Waals surface area contributed by atoms with E-state index in [1.54, 1.807) is 0 Å². The number of hydrogen-bond donors (Lipinski definition) is 1. The summed E-state index contributed by atoms with van der Waals surface area (Å²) < 4.78 is 4.70. The third-order valence-electron chi connectivity index (χ3n) is 3.17. The van der Waals surface area contributed by atoms with Gasteiger partial charge in [-0.2, -0.15) is 0 Å². The third kappa shape index (κ3) is 5.43. The molecule has 1 aromatic rings. The summed E-state index contributed by atoms with van der Waals surface area (Å²) in [6.45, 7) is 4.04. The molecule has 110 valence electrons. The molecule has 0 aliphatic carbocycles. The van der Waals surface area contributed by atoms with Crippen molar-refractivity contribution in [1.82, 2.24) is 5.32 Å². The second-order valence-electron chi connectivity index (χ2n) is 4.91. The van der Waals surface area contributed by atoms with E-state index in [1.165, 1.54) is 7.11 Å². The van der Waals surface area contributed by atoms with Gasteiger partial charge in [-0.15, -0.1) is 0 Å². The van der Waals surface area contributed by atoms with E-state index in [1.807, 2.05) is 38.1 Å². The largest absolute Gasteiger partial charge is 0.469 e. The molecule has 0 radical (unpaired) electrons. The molecule has 0 spiro atoms. The van der Waals surface area contributed by atoms with Crippen LogP contribution in [0.4, 0.5) is 0 Å². The number of carbonyl (C=O) groups excluding carboxylic acids is 2. The molecular formula is C16H23NO3. The molecule has 1 amide bonds. The molecule has 0 saturated carbocycles. The molecule has 1 N–H and O–H groups in total. The van der Waals surface area contributed by atoms with Crippen molar-refractivity contribution in [2.45, 2.75) is 45.6 Å². The van der Waals surface area contributed by atoms with E-state index in [-0.39, 0.29) is 24.3 Å². The van der Waals surface area contributed by atoms with Gasteiger partial charge in [0.15, 0.2) is 0 Å². The topological polar surface area (TPSA) is 55.4 Å². The first kappa shape index (κ1) is 16.2. The normalized spacial score (nSPS) is 11.8. The van der Waals surface area contributed by atoms with Crippen LogP contribution in [0.1, 0.15) is 49.8 Å². The highest BCUT2D eigenvalue weighted by Gasteiger charge is 2.18. The second kappa shape index (κ2) is 8.35. The summed E-state index contributed by atoms with van der Waals surface area (Å²) in [4.78, 5) is 23.3. The lowest BCUT2D eigenvalue weighted by Gasteiger charge is -2.18. The van der Waals surface area contributed by atoms with Crippen LogP contribution in [-0.2, 0) is 14.3 Å². The molecule has 1 atom stereocenters. The van der Waals surface area contributed by atoms with Crippen LogP contribution in [0.2, 0.25) is 0 Å². The van der Waals surface area contributed by atoms with Crippen molar-refractivity contribution in [3.8, 4) is 0 Å². The number of aryl methyl sites for hydroxylation is 1. The van der Waals surface area contributed by atoms with Gasteiger partial charge in [-0.1, -0.05) is 43.2 Å². The van der Waals surface area contributed by atoms with Crippen molar-refractivity contribution in [3.05, 3.63) is 35.4 Å². The Morgan fingerprint density at radius 2 is 1.90 bits per heavy atom. The zero-order valence-corrected chi connectivity index (χ0v) is 12.4. The van der Waals surface area contributed by atoms with Crippen LogP contribution in [0.15, 0.2) is 24.3 Å². The molecule has 0 bridgehead atoms. The van der Waals surface area contributed by atoms with Gasteiger partial charge in [0.1, 0.15) is 0 Å². The minimum Gasteiger partial charge on any atom is -0.469 e. The number of methoxy groups -OCH3 is 1. The predicted octanol–water partition coefficient (Wildman–Crippen LogP) is 2.91. The summed E-state index contributed by atoms with van der Waals surface area (Å²) in [5, 5.41) is 2.91. The van der Waals surface area contributed by atoms with Gasteiger partial charge < -0.3 is 10.1 Å². The molecule has 0 aliphatic rings. The molecule has 1 aromatic carbocycles. The Morgan fingerprint density at radius 3 is 2.45 bits per heavy atom. The maximum atomic E-state index is 11.9. The third-order valence-corrected chi connectivity index (χ3v) is 3.17. The summed E-state index contributed by atoms with van der Waals surface area (Å²) in [6, 6.07) is 7.48. The maximum Gasteiger partial charge on any atom is 0.307 e. The van der Waals surface area contributed by atoms with E-state index < -0.39 is 0 Å². The summed E-state index contributed by atoms with van der Waals surface area (Å²) in [5.74, 6) is -0.354. The highest BCUT2D eigenvalue weighted by Crippen LogP contribution is 2.18. The van der Waals surface area contributed by atoms with E-state index in [0.717, 1.165) is 24.0 Å². The van der Waals surface area contributed by atoms with Crippen LogP contribution in [0.5, 0.6) is 0 Å². The van der Waals surface area contributed by atoms with Gasteiger partial charge >= 0.3 is 5.97 Å². The highest BCUT2D eigenvalue weighted by molar-refractivity contribution is 5.78. The van der Waals surface area contributed by atoms with E-state index in [2.05, 4.69) is 5.32 Å². The van der Waals surface area contributed by atoms with Crippen molar-refractivity contribution in [2.75, 3.05) is 7.11 Å². The Hall–Kier alpha value is -1.84. The number of rotatable bonds is 7. The monoisotopic (exact) mass is 277 g/mol. The van der Waals surface area contributed by atoms with Crippen LogP contribution >= 0.6 is 0 Å². The van der Waals surface area contributed by atoms with Gasteiger partial charge in [0.25, 0.3) is 0 Å². The lowest BCUT2D eigenvalue weighted by atomic mass is 10.0. The Balaban J connectivity index is 2.76. The molecule has 0 heterocycles. The standard InChI is InChI=1S/C16H23NO3/c1-4-5-6-15(18)17-14(11-16(19)20-3)13-9-7-12(2)8-10-13/h7-10,14H,4-6,11H2,1-3H3,(H,17,18). The van der Waals surface area contributed by atoms with Crippen LogP contribution < -0.4 is 5.32 Å². The molecule has 0 aromatic heterocycles. The Labute approximate surface area is 120 Å². The van der Waals surface area contributed by atoms with Crippen LogP contribution in [0.25, 0.3) is 0 Å². The fourth-order valence-electron chi connectivity index (χ4n) is 1.90. The minimum atomic E-state index is -0.327. The first-order valence-electron chi connectivity index (χ1n) is 6.99. The van der Waals surface area contributed by atoms with Crippen molar-refractivity contribution in [3.63, 3.8) is 0 Å². The van der Waals surface area contributed by atoms with Gasteiger partial charge in [-0.25, -0.2) is 0 Å². The van der Waals surface area contributed by atoms with Crippen molar-refractivity contribution >= 4 is 11.9 Å². The highest BCUT2D eigenvalue weighted by atomic mass is 16.5. The van der Waals surface area contributed by atoms with Gasteiger partial charge in [-0.3, -0.25) is 9.59 Å². The molecule has 4 nitrogen and oxygen atoms in total. The molecule has 0 fully saturated rings. The zero-order valence-electron chi connectivity index (χ0n) is 12.4. The minimum absolute atomic E-state index is 0.0265. The molecule has 1 rings (SSSR count). The Kier molecular flexibility index (Phi) is 6.77. The number of nitrogens with one attached hydrogen (secondary N) is 1. The van der Waals surface area contributed by atoms with Crippen LogP contribution in [0.3, 0.4) is 0 Å². The van der Waals surface area contributed by atoms with E-state index in [4.69, 9.17) is 4.74 Å². The molecule has 1 unspecified atom stereocenters. The number of benzene rings is 1.